The quantitative estimate of drug-likeness (QED) is 0.911. The van der Waals surface area contributed by atoms with Crippen LogP contribution in [0, 0.1) is 6.92 Å². The number of nitrogen functional groups attached to an aromatic ring is 1. The summed E-state index contributed by atoms with van der Waals surface area (Å²) in [6.45, 7) is 3.63. The van der Waals surface area contributed by atoms with Crippen LogP contribution in [0.4, 0.5) is 24.8 Å². The molecule has 2 rings (SSSR count). The van der Waals surface area contributed by atoms with E-state index in [2.05, 4.69) is 20.3 Å². The lowest BCUT2D eigenvalue weighted by Gasteiger charge is -2.14. The topological polar surface area (TPSA) is 76.7 Å². The molecule has 108 valence electrons. The SMILES string of the molecule is Cc1csc(C(C)Nc2cc(N)nc(C(F)(F)F)n2)n1. The van der Waals surface area contributed by atoms with Crippen LogP contribution in [0.3, 0.4) is 0 Å². The van der Waals surface area contributed by atoms with E-state index in [0.717, 1.165) is 10.7 Å². The minimum atomic E-state index is -4.63. The Morgan fingerprint density at radius 1 is 1.30 bits per heavy atom. The second-order valence-corrected chi connectivity index (χ2v) is 5.08. The summed E-state index contributed by atoms with van der Waals surface area (Å²) in [5, 5.41) is 5.46. The summed E-state index contributed by atoms with van der Waals surface area (Å²) >= 11 is 1.42. The number of alkyl halides is 3. The van der Waals surface area contributed by atoms with Gasteiger partial charge >= 0.3 is 6.18 Å². The molecule has 0 radical (unpaired) electrons. The van der Waals surface area contributed by atoms with E-state index in [4.69, 9.17) is 5.73 Å². The van der Waals surface area contributed by atoms with Gasteiger partial charge in [-0.2, -0.15) is 13.2 Å². The van der Waals surface area contributed by atoms with Gasteiger partial charge in [-0.05, 0) is 13.8 Å². The van der Waals surface area contributed by atoms with E-state index in [0.29, 0.717) is 0 Å². The molecule has 0 aliphatic heterocycles. The maximum Gasteiger partial charge on any atom is 0.451 e. The third kappa shape index (κ3) is 3.35. The highest BCUT2D eigenvalue weighted by Gasteiger charge is 2.35. The van der Waals surface area contributed by atoms with Crippen LogP contribution >= 0.6 is 11.3 Å². The summed E-state index contributed by atoms with van der Waals surface area (Å²) < 4.78 is 37.8. The molecule has 0 saturated carbocycles. The van der Waals surface area contributed by atoms with Crippen LogP contribution in [0.25, 0.3) is 0 Å². The van der Waals surface area contributed by atoms with Crippen molar-refractivity contribution >= 4 is 23.0 Å². The Morgan fingerprint density at radius 2 is 2.00 bits per heavy atom. The van der Waals surface area contributed by atoms with Crippen LogP contribution in [0.15, 0.2) is 11.4 Å². The smallest absolute Gasteiger partial charge is 0.384 e. The molecule has 1 unspecified atom stereocenters. The number of nitrogens with zero attached hydrogens (tertiary/aromatic N) is 3. The third-order valence-electron chi connectivity index (χ3n) is 2.37. The van der Waals surface area contributed by atoms with E-state index in [-0.39, 0.29) is 17.7 Å². The standard InChI is InChI=1S/C11H12F3N5S/c1-5-4-20-9(16-5)6(2)17-8-3-7(15)18-10(19-8)11(12,13)14/h3-4,6H,1-2H3,(H3,15,17,18,19). The van der Waals surface area contributed by atoms with Crippen molar-refractivity contribution in [2.75, 3.05) is 11.1 Å². The Kier molecular flexibility index (Phi) is 3.80. The summed E-state index contributed by atoms with van der Waals surface area (Å²) in [5.74, 6) is -1.48. The van der Waals surface area contributed by atoms with Crippen molar-refractivity contribution in [1.82, 2.24) is 15.0 Å². The fourth-order valence-corrected chi connectivity index (χ4v) is 2.33. The van der Waals surface area contributed by atoms with Crippen molar-refractivity contribution in [3.05, 3.63) is 28.0 Å². The lowest BCUT2D eigenvalue weighted by Crippen LogP contribution is -2.15. The van der Waals surface area contributed by atoms with E-state index in [1.807, 2.05) is 12.3 Å². The molecule has 0 spiro atoms. The van der Waals surface area contributed by atoms with Gasteiger partial charge in [0, 0.05) is 17.1 Å². The van der Waals surface area contributed by atoms with E-state index in [1.165, 1.54) is 17.4 Å². The summed E-state index contributed by atoms with van der Waals surface area (Å²) in [6, 6.07) is 0.982. The van der Waals surface area contributed by atoms with Gasteiger partial charge in [0.05, 0.1) is 6.04 Å². The molecule has 1 atom stereocenters. The minimum absolute atomic E-state index is 0.0187. The number of hydrogen-bond acceptors (Lipinski definition) is 6. The zero-order valence-electron chi connectivity index (χ0n) is 10.7. The van der Waals surface area contributed by atoms with E-state index in [1.54, 1.807) is 6.92 Å². The Balaban J connectivity index is 2.23. The molecular weight excluding hydrogens is 291 g/mol. The number of aryl methyl sites for hydroxylation is 1. The van der Waals surface area contributed by atoms with Gasteiger partial charge in [-0.1, -0.05) is 0 Å². The lowest BCUT2D eigenvalue weighted by molar-refractivity contribution is -0.144. The normalized spacial score (nSPS) is 13.2. The first kappa shape index (κ1) is 14.5. The van der Waals surface area contributed by atoms with Gasteiger partial charge in [0.15, 0.2) is 0 Å². The number of thiazole rings is 1. The monoisotopic (exact) mass is 303 g/mol. The minimum Gasteiger partial charge on any atom is -0.384 e. The van der Waals surface area contributed by atoms with Gasteiger partial charge < -0.3 is 11.1 Å². The van der Waals surface area contributed by atoms with Crippen molar-refractivity contribution in [2.24, 2.45) is 0 Å². The number of rotatable bonds is 3. The number of aromatic nitrogens is 3. The Bertz CT molecular complexity index is 610. The molecule has 0 bridgehead atoms. The van der Waals surface area contributed by atoms with E-state index >= 15 is 0 Å². The van der Waals surface area contributed by atoms with Gasteiger partial charge in [-0.3, -0.25) is 0 Å². The number of hydrogen-bond donors (Lipinski definition) is 2. The van der Waals surface area contributed by atoms with Crippen LogP contribution in [-0.2, 0) is 6.18 Å². The number of anilines is 2. The van der Waals surface area contributed by atoms with Crippen LogP contribution in [0.2, 0.25) is 0 Å². The second kappa shape index (κ2) is 5.23. The summed E-state index contributed by atoms with van der Waals surface area (Å²) in [5.41, 5.74) is 6.23. The van der Waals surface area contributed by atoms with E-state index < -0.39 is 12.0 Å². The van der Waals surface area contributed by atoms with Gasteiger partial charge in [-0.15, -0.1) is 11.3 Å². The lowest BCUT2D eigenvalue weighted by atomic mass is 10.3. The van der Waals surface area contributed by atoms with Gasteiger partial charge in [0.2, 0.25) is 5.82 Å². The molecule has 2 heterocycles. The summed E-state index contributed by atoms with van der Waals surface area (Å²) in [4.78, 5) is 10.9. The van der Waals surface area contributed by atoms with Crippen molar-refractivity contribution < 1.29 is 13.2 Å². The van der Waals surface area contributed by atoms with Crippen LogP contribution in [0.1, 0.15) is 29.5 Å². The second-order valence-electron chi connectivity index (χ2n) is 4.19. The molecule has 2 aromatic heterocycles. The van der Waals surface area contributed by atoms with Gasteiger partial charge in [-0.25, -0.2) is 15.0 Å². The first-order chi connectivity index (χ1) is 9.25. The predicted molar refractivity (Wildman–Crippen MR) is 70.3 cm³/mol. The average molecular weight is 303 g/mol. The molecule has 9 heteroatoms. The Hall–Kier alpha value is -1.90. The van der Waals surface area contributed by atoms with Crippen molar-refractivity contribution in [3.8, 4) is 0 Å². The van der Waals surface area contributed by atoms with Gasteiger partial charge in [0.25, 0.3) is 0 Å². The zero-order valence-corrected chi connectivity index (χ0v) is 11.5. The van der Waals surface area contributed by atoms with Crippen LogP contribution in [0.5, 0.6) is 0 Å². The predicted octanol–water partition coefficient (Wildman–Crippen LogP) is 3.02. The molecule has 2 aromatic rings. The van der Waals surface area contributed by atoms with Crippen molar-refractivity contribution in [2.45, 2.75) is 26.1 Å². The number of halogens is 3. The molecule has 0 aromatic carbocycles. The highest BCUT2D eigenvalue weighted by molar-refractivity contribution is 7.09. The average Bonchev–Trinajstić information content (AvgIpc) is 2.74. The maximum atomic E-state index is 12.6. The van der Waals surface area contributed by atoms with E-state index in [9.17, 15) is 13.2 Å². The molecular formula is C11H12F3N5S. The first-order valence-electron chi connectivity index (χ1n) is 5.66. The molecule has 0 aliphatic carbocycles. The van der Waals surface area contributed by atoms with Gasteiger partial charge in [0.1, 0.15) is 16.6 Å². The Morgan fingerprint density at radius 3 is 2.55 bits per heavy atom. The number of nitrogens with one attached hydrogen (secondary N) is 1. The highest BCUT2D eigenvalue weighted by atomic mass is 32.1. The largest absolute Gasteiger partial charge is 0.451 e. The molecule has 0 amide bonds. The van der Waals surface area contributed by atoms with Crippen molar-refractivity contribution in [3.63, 3.8) is 0 Å². The highest BCUT2D eigenvalue weighted by Crippen LogP contribution is 2.29. The molecule has 0 fully saturated rings. The Labute approximate surface area is 117 Å². The molecule has 3 N–H and O–H groups in total. The first-order valence-corrected chi connectivity index (χ1v) is 6.54. The summed E-state index contributed by atoms with van der Waals surface area (Å²) in [7, 11) is 0. The van der Waals surface area contributed by atoms with Crippen LogP contribution in [-0.4, -0.2) is 15.0 Å². The number of nitrogens with two attached hydrogens (primary N) is 1. The fourth-order valence-electron chi connectivity index (χ4n) is 1.52. The van der Waals surface area contributed by atoms with Crippen LogP contribution < -0.4 is 11.1 Å². The maximum absolute atomic E-state index is 12.6. The third-order valence-corrected chi connectivity index (χ3v) is 3.52. The van der Waals surface area contributed by atoms with Crippen molar-refractivity contribution in [1.29, 1.82) is 0 Å². The molecule has 0 saturated heterocycles. The molecule has 5 nitrogen and oxygen atoms in total. The fraction of sp³-hybridized carbons (Fsp3) is 0.364. The zero-order chi connectivity index (χ0) is 14.9. The molecule has 0 aliphatic rings. The molecule has 20 heavy (non-hydrogen) atoms. The summed E-state index contributed by atoms with van der Waals surface area (Å²) in [6.07, 6.45) is -4.63.